The zero-order chi connectivity index (χ0) is 27.8. The Morgan fingerprint density at radius 1 is 0.946 bits per heavy atom. The molecule has 0 aromatic heterocycles. The van der Waals surface area contributed by atoms with E-state index >= 15 is 0 Å². The number of carbonyl (C=O) groups excluding carboxylic acids is 2. The van der Waals surface area contributed by atoms with Crippen molar-refractivity contribution in [3.8, 4) is 0 Å². The van der Waals surface area contributed by atoms with Crippen molar-refractivity contribution in [1.29, 1.82) is 0 Å². The first-order valence-corrected chi connectivity index (χ1v) is 13.8. The molecule has 2 aromatic rings. The molecule has 2 aromatic carbocycles. The molecular weight excluding hydrogens is 456 g/mol. The van der Waals surface area contributed by atoms with Crippen molar-refractivity contribution in [2.75, 3.05) is 31.6 Å². The number of benzene rings is 2. The molecule has 37 heavy (non-hydrogen) atoms. The van der Waals surface area contributed by atoms with Crippen LogP contribution in [0, 0.1) is 19.3 Å². The Balaban J connectivity index is 0.000000273. The number of hydrogen-bond donors (Lipinski definition) is 0. The highest BCUT2D eigenvalue weighted by Gasteiger charge is 2.36. The highest BCUT2D eigenvalue weighted by atomic mass is 16.1. The molecule has 0 saturated carbocycles. The summed E-state index contributed by atoms with van der Waals surface area (Å²) in [4.78, 5) is 24.2. The molecule has 2 heterocycles. The van der Waals surface area contributed by atoms with Crippen molar-refractivity contribution >= 4 is 18.3 Å². The van der Waals surface area contributed by atoms with Crippen LogP contribution in [0.5, 0.6) is 0 Å². The molecule has 0 spiro atoms. The van der Waals surface area contributed by atoms with Crippen molar-refractivity contribution in [1.82, 2.24) is 4.90 Å². The summed E-state index contributed by atoms with van der Waals surface area (Å²) in [6.07, 6.45) is 7.86. The second-order valence-electron chi connectivity index (χ2n) is 10.3. The number of ketones is 1. The van der Waals surface area contributed by atoms with Crippen molar-refractivity contribution < 1.29 is 9.59 Å². The first-order valence-electron chi connectivity index (χ1n) is 13.8. The number of allylic oxidation sites excluding steroid dienone is 1. The van der Waals surface area contributed by atoms with Crippen LogP contribution in [0.15, 0.2) is 60.8 Å². The lowest BCUT2D eigenvalue weighted by atomic mass is 9.72. The van der Waals surface area contributed by atoms with Gasteiger partial charge in [0.2, 0.25) is 0 Å². The molecular formula is C33H50N2O2. The van der Waals surface area contributed by atoms with E-state index in [1.807, 2.05) is 6.79 Å². The van der Waals surface area contributed by atoms with Crippen LogP contribution in [0.25, 0.3) is 0 Å². The van der Waals surface area contributed by atoms with E-state index in [4.69, 9.17) is 4.79 Å². The summed E-state index contributed by atoms with van der Waals surface area (Å²) < 4.78 is 0. The summed E-state index contributed by atoms with van der Waals surface area (Å²) in [6, 6.07) is 17.2. The number of anilines is 1. The van der Waals surface area contributed by atoms with Gasteiger partial charge in [-0.05, 0) is 96.6 Å². The van der Waals surface area contributed by atoms with E-state index in [1.165, 1.54) is 34.5 Å². The minimum absolute atomic E-state index is 0.0290. The fourth-order valence-electron chi connectivity index (χ4n) is 5.02. The van der Waals surface area contributed by atoms with Gasteiger partial charge in [-0.1, -0.05) is 74.9 Å². The third kappa shape index (κ3) is 10.3. The van der Waals surface area contributed by atoms with E-state index < -0.39 is 0 Å². The quantitative estimate of drug-likeness (QED) is 0.419. The molecule has 0 atom stereocenters. The van der Waals surface area contributed by atoms with E-state index in [-0.39, 0.29) is 5.41 Å². The first-order chi connectivity index (χ1) is 17.7. The molecule has 4 rings (SSSR count). The van der Waals surface area contributed by atoms with Gasteiger partial charge in [0.05, 0.1) is 0 Å². The highest BCUT2D eigenvalue weighted by molar-refractivity contribution is 5.82. The van der Waals surface area contributed by atoms with E-state index in [2.05, 4.69) is 99.7 Å². The van der Waals surface area contributed by atoms with Crippen molar-refractivity contribution in [3.05, 3.63) is 77.5 Å². The summed E-state index contributed by atoms with van der Waals surface area (Å²) in [5.41, 5.74) is 6.71. The van der Waals surface area contributed by atoms with Gasteiger partial charge in [0.25, 0.3) is 0 Å². The highest BCUT2D eigenvalue weighted by Crippen LogP contribution is 2.36. The Labute approximate surface area is 226 Å². The minimum atomic E-state index is 0.0290. The number of aryl methyl sites for hydroxylation is 3. The molecule has 2 fully saturated rings. The number of nitrogens with zero attached hydrogens (tertiary/aromatic N) is 2. The van der Waals surface area contributed by atoms with E-state index in [0.29, 0.717) is 5.78 Å². The SMILES string of the molecule is C=C1CCCN1c1ccccc1C.C=O.CCCC1(C(C)=O)CCN(C)CC1.CCc1ccc(C)cc1. The smallest absolute Gasteiger partial charge is 0.136 e. The Kier molecular flexibility index (Phi) is 14.8. The molecule has 0 amide bonds. The van der Waals surface area contributed by atoms with Gasteiger partial charge in [0.15, 0.2) is 0 Å². The lowest BCUT2D eigenvalue weighted by Gasteiger charge is -2.38. The number of likely N-dealkylation sites (tertiary alicyclic amines) is 1. The number of Topliss-reactive ketones (excluding diaryl/α,β-unsaturated/α-hetero) is 1. The Morgan fingerprint density at radius 2 is 1.54 bits per heavy atom. The summed E-state index contributed by atoms with van der Waals surface area (Å²) in [7, 11) is 2.13. The summed E-state index contributed by atoms with van der Waals surface area (Å²) in [5.74, 6) is 0.405. The second kappa shape index (κ2) is 16.9. The first kappa shape index (κ1) is 32.3. The fourth-order valence-corrected chi connectivity index (χ4v) is 5.02. The van der Waals surface area contributed by atoms with Crippen molar-refractivity contribution in [3.63, 3.8) is 0 Å². The van der Waals surface area contributed by atoms with Gasteiger partial charge in [-0.25, -0.2) is 0 Å². The Morgan fingerprint density at radius 3 is 2.00 bits per heavy atom. The number of hydrogen-bond acceptors (Lipinski definition) is 4. The fraction of sp³-hybridized carbons (Fsp3) is 0.515. The molecule has 204 valence electrons. The molecule has 0 unspecified atom stereocenters. The van der Waals surface area contributed by atoms with Crippen LogP contribution in [-0.4, -0.2) is 44.2 Å². The number of rotatable bonds is 5. The lowest BCUT2D eigenvalue weighted by molar-refractivity contribution is -0.129. The van der Waals surface area contributed by atoms with Gasteiger partial charge in [0, 0.05) is 23.3 Å². The maximum absolute atomic E-state index is 11.6. The third-order valence-corrected chi connectivity index (χ3v) is 7.58. The molecule has 2 saturated heterocycles. The van der Waals surface area contributed by atoms with Gasteiger partial charge in [-0.3, -0.25) is 4.79 Å². The van der Waals surface area contributed by atoms with E-state index in [0.717, 1.165) is 58.2 Å². The molecule has 0 bridgehead atoms. The second-order valence-corrected chi connectivity index (χ2v) is 10.3. The molecule has 4 nitrogen and oxygen atoms in total. The number of piperidine rings is 1. The van der Waals surface area contributed by atoms with Crippen molar-refractivity contribution in [2.45, 2.75) is 79.6 Å². The average Bonchev–Trinajstić information content (AvgIpc) is 3.34. The van der Waals surface area contributed by atoms with Crippen LogP contribution in [0.2, 0.25) is 0 Å². The van der Waals surface area contributed by atoms with Gasteiger partial charge in [0.1, 0.15) is 12.6 Å². The molecule has 2 aliphatic rings. The van der Waals surface area contributed by atoms with Crippen LogP contribution < -0.4 is 4.90 Å². The average molecular weight is 507 g/mol. The number of para-hydroxylation sites is 1. The van der Waals surface area contributed by atoms with Crippen LogP contribution in [0.3, 0.4) is 0 Å². The molecule has 4 heteroatoms. The molecule has 0 radical (unpaired) electrons. The van der Waals surface area contributed by atoms with Crippen molar-refractivity contribution in [2.24, 2.45) is 5.41 Å². The van der Waals surface area contributed by atoms with Gasteiger partial charge in [-0.2, -0.15) is 0 Å². The van der Waals surface area contributed by atoms with Crippen LogP contribution in [0.1, 0.15) is 76.0 Å². The van der Waals surface area contributed by atoms with Gasteiger partial charge < -0.3 is 14.6 Å². The largest absolute Gasteiger partial charge is 0.345 e. The normalized spacial score (nSPS) is 16.4. The Bertz CT molecular complexity index is 943. The van der Waals surface area contributed by atoms with E-state index in [1.54, 1.807) is 6.92 Å². The maximum atomic E-state index is 11.6. The molecule has 2 aliphatic heterocycles. The summed E-state index contributed by atoms with van der Waals surface area (Å²) in [6.45, 7) is 19.7. The monoisotopic (exact) mass is 506 g/mol. The number of carbonyl (C=O) groups is 2. The summed E-state index contributed by atoms with van der Waals surface area (Å²) >= 11 is 0. The van der Waals surface area contributed by atoms with Crippen LogP contribution in [0.4, 0.5) is 5.69 Å². The predicted octanol–water partition coefficient (Wildman–Crippen LogP) is 7.57. The molecule has 0 aliphatic carbocycles. The zero-order valence-electron chi connectivity index (χ0n) is 24.3. The van der Waals surface area contributed by atoms with E-state index in [9.17, 15) is 4.79 Å². The summed E-state index contributed by atoms with van der Waals surface area (Å²) in [5, 5.41) is 0. The minimum Gasteiger partial charge on any atom is -0.345 e. The van der Waals surface area contributed by atoms with Crippen LogP contribution in [-0.2, 0) is 16.0 Å². The van der Waals surface area contributed by atoms with Gasteiger partial charge >= 0.3 is 0 Å². The maximum Gasteiger partial charge on any atom is 0.136 e. The zero-order valence-corrected chi connectivity index (χ0v) is 24.3. The Hall–Kier alpha value is -2.72. The van der Waals surface area contributed by atoms with Gasteiger partial charge in [-0.15, -0.1) is 0 Å². The third-order valence-electron chi connectivity index (χ3n) is 7.58. The standard InChI is InChI=1S/C12H15N.C11H21NO.C9H12.CH2O/c1-10-6-3-4-8-12(10)13-9-5-7-11(13)2;1-4-5-11(10(2)13)6-8-12(3)9-7-11;1-3-9-6-4-8(2)5-7-9;1-2/h3-4,6,8H,2,5,7,9H2,1H3;4-9H2,1-3H3;4-7H,3H2,1-2H3;1H2. The lowest BCUT2D eigenvalue weighted by Crippen LogP contribution is -2.41. The molecule has 0 N–H and O–H groups in total. The predicted molar refractivity (Wildman–Crippen MR) is 159 cm³/mol. The van der Waals surface area contributed by atoms with Crippen LogP contribution >= 0.6 is 0 Å². The topological polar surface area (TPSA) is 40.6 Å².